The first-order valence-electron chi connectivity index (χ1n) is 12.7. The second-order valence-electron chi connectivity index (χ2n) is 10.1. The molecule has 2 aliphatic heterocycles. The van der Waals surface area contributed by atoms with Gasteiger partial charge in [0.1, 0.15) is 11.9 Å². The number of hydrogen-bond donors (Lipinski definition) is 1. The van der Waals surface area contributed by atoms with Gasteiger partial charge in [0.15, 0.2) is 0 Å². The van der Waals surface area contributed by atoms with Gasteiger partial charge in [-0.2, -0.15) is 0 Å². The number of halogens is 1. The lowest BCUT2D eigenvalue weighted by atomic mass is 9.84. The number of H-pyrrole nitrogens is 1. The number of nitrogens with zero attached hydrogens (tertiary/aromatic N) is 2. The molecule has 2 amide bonds. The van der Waals surface area contributed by atoms with E-state index in [0.717, 1.165) is 48.6 Å². The van der Waals surface area contributed by atoms with Crippen molar-refractivity contribution in [3.8, 4) is 0 Å². The van der Waals surface area contributed by atoms with Gasteiger partial charge in [0, 0.05) is 47.4 Å². The van der Waals surface area contributed by atoms with Crippen LogP contribution in [0.15, 0.2) is 60.8 Å². The van der Waals surface area contributed by atoms with Crippen molar-refractivity contribution in [3.05, 3.63) is 77.7 Å². The van der Waals surface area contributed by atoms with Crippen LogP contribution in [0.4, 0.5) is 4.39 Å². The Morgan fingerprint density at radius 2 is 1.86 bits per heavy atom. The van der Waals surface area contributed by atoms with E-state index in [4.69, 9.17) is 0 Å². The standard InChI is InChI=1S/C29H30FN3O2/c30-22-10-11-23-24(18-31-25(23)17-22)19-12-14-32(15-13-19)29(35)27-16-21-8-4-5-9-26(21)33(27)28(34)20-6-2-1-3-7-20/h1-3,6-7,10-12,17-18,21,26-27,31H,4-5,8-9,13-16H2. The maximum Gasteiger partial charge on any atom is 0.254 e. The number of benzene rings is 2. The average Bonchev–Trinajstić information content (AvgIpc) is 3.50. The fourth-order valence-corrected chi connectivity index (χ4v) is 6.39. The van der Waals surface area contributed by atoms with Crippen molar-refractivity contribution in [2.45, 2.75) is 50.6 Å². The van der Waals surface area contributed by atoms with Gasteiger partial charge in [-0.25, -0.2) is 4.39 Å². The summed E-state index contributed by atoms with van der Waals surface area (Å²) in [6.07, 6.45) is 9.92. The highest BCUT2D eigenvalue weighted by molar-refractivity contribution is 5.98. The molecule has 0 spiro atoms. The van der Waals surface area contributed by atoms with Crippen LogP contribution >= 0.6 is 0 Å². The molecule has 2 aromatic carbocycles. The van der Waals surface area contributed by atoms with E-state index in [0.29, 0.717) is 24.6 Å². The molecule has 6 rings (SSSR count). The fourth-order valence-electron chi connectivity index (χ4n) is 6.39. The Bertz CT molecular complexity index is 1300. The maximum atomic E-state index is 13.8. The molecule has 3 unspecified atom stereocenters. The van der Waals surface area contributed by atoms with Crippen molar-refractivity contribution in [2.24, 2.45) is 5.92 Å². The van der Waals surface area contributed by atoms with Crippen LogP contribution in [0.1, 0.15) is 54.4 Å². The monoisotopic (exact) mass is 471 g/mol. The molecule has 1 aromatic heterocycles. The van der Waals surface area contributed by atoms with Crippen LogP contribution in [-0.4, -0.2) is 51.8 Å². The number of hydrogen-bond acceptors (Lipinski definition) is 2. The first kappa shape index (κ1) is 22.1. The SMILES string of the molecule is O=C(C1CC2CCCCC2N1C(=O)c1ccccc1)N1CC=C(c2c[nH]c3cc(F)ccc23)CC1. The predicted octanol–water partition coefficient (Wildman–Crippen LogP) is 5.40. The summed E-state index contributed by atoms with van der Waals surface area (Å²) >= 11 is 0. The van der Waals surface area contributed by atoms with Crippen LogP contribution in [0, 0.1) is 11.7 Å². The second-order valence-corrected chi connectivity index (χ2v) is 10.1. The highest BCUT2D eigenvalue weighted by Crippen LogP contribution is 2.41. The van der Waals surface area contributed by atoms with E-state index in [1.165, 1.54) is 24.1 Å². The molecule has 1 saturated carbocycles. The zero-order valence-corrected chi connectivity index (χ0v) is 19.8. The van der Waals surface area contributed by atoms with Crippen molar-refractivity contribution in [3.63, 3.8) is 0 Å². The fraction of sp³-hybridized carbons (Fsp3) is 0.379. The molecule has 6 heteroatoms. The minimum atomic E-state index is -0.387. The van der Waals surface area contributed by atoms with Gasteiger partial charge in [-0.3, -0.25) is 9.59 Å². The third-order valence-electron chi connectivity index (χ3n) is 8.14. The Labute approximate surface area is 204 Å². The molecule has 0 bridgehead atoms. The number of fused-ring (bicyclic) bond motifs is 2. The van der Waals surface area contributed by atoms with Gasteiger partial charge in [0.25, 0.3) is 5.91 Å². The minimum Gasteiger partial charge on any atom is -0.360 e. The van der Waals surface area contributed by atoms with E-state index >= 15 is 0 Å². The van der Waals surface area contributed by atoms with Crippen molar-refractivity contribution < 1.29 is 14.0 Å². The lowest BCUT2D eigenvalue weighted by Gasteiger charge is -2.36. The van der Waals surface area contributed by atoms with E-state index in [1.54, 1.807) is 0 Å². The van der Waals surface area contributed by atoms with Crippen LogP contribution < -0.4 is 0 Å². The second kappa shape index (κ2) is 8.99. The van der Waals surface area contributed by atoms with E-state index < -0.39 is 0 Å². The summed E-state index contributed by atoms with van der Waals surface area (Å²) in [7, 11) is 0. The van der Waals surface area contributed by atoms with Gasteiger partial charge in [0.2, 0.25) is 5.91 Å². The predicted molar refractivity (Wildman–Crippen MR) is 134 cm³/mol. The normalized spacial score (nSPS) is 24.4. The van der Waals surface area contributed by atoms with Gasteiger partial charge in [-0.05, 0) is 67.5 Å². The largest absolute Gasteiger partial charge is 0.360 e. The number of aromatic nitrogens is 1. The van der Waals surface area contributed by atoms with Crippen LogP contribution in [0.25, 0.3) is 16.5 Å². The number of nitrogens with one attached hydrogen (secondary N) is 1. The van der Waals surface area contributed by atoms with Gasteiger partial charge in [-0.1, -0.05) is 37.1 Å². The van der Waals surface area contributed by atoms with Gasteiger partial charge in [-0.15, -0.1) is 0 Å². The van der Waals surface area contributed by atoms with Crippen LogP contribution in [-0.2, 0) is 4.79 Å². The smallest absolute Gasteiger partial charge is 0.254 e. The Kier molecular flexibility index (Phi) is 5.67. The van der Waals surface area contributed by atoms with E-state index in [9.17, 15) is 14.0 Å². The number of rotatable bonds is 3. The summed E-state index contributed by atoms with van der Waals surface area (Å²) in [4.78, 5) is 34.4. The summed E-state index contributed by atoms with van der Waals surface area (Å²) in [6.45, 7) is 1.15. The summed E-state index contributed by atoms with van der Waals surface area (Å²) in [5.74, 6) is 0.206. The van der Waals surface area contributed by atoms with Crippen LogP contribution in [0.3, 0.4) is 0 Å². The third kappa shape index (κ3) is 3.95. The zero-order valence-electron chi connectivity index (χ0n) is 19.8. The summed E-state index contributed by atoms with van der Waals surface area (Å²) < 4.78 is 13.6. The number of likely N-dealkylation sites (tertiary alicyclic amines) is 1. The Hall–Kier alpha value is -3.41. The topological polar surface area (TPSA) is 56.4 Å². The van der Waals surface area contributed by atoms with Crippen molar-refractivity contribution in [1.82, 2.24) is 14.8 Å². The van der Waals surface area contributed by atoms with E-state index in [1.807, 2.05) is 52.4 Å². The van der Waals surface area contributed by atoms with Gasteiger partial charge < -0.3 is 14.8 Å². The highest BCUT2D eigenvalue weighted by atomic mass is 19.1. The molecule has 3 heterocycles. The Balaban J connectivity index is 1.23. The highest BCUT2D eigenvalue weighted by Gasteiger charge is 2.48. The van der Waals surface area contributed by atoms with Crippen molar-refractivity contribution in [2.75, 3.05) is 13.1 Å². The summed E-state index contributed by atoms with van der Waals surface area (Å²) in [5, 5.41) is 0.997. The van der Waals surface area contributed by atoms with Crippen molar-refractivity contribution in [1.29, 1.82) is 0 Å². The Morgan fingerprint density at radius 1 is 1.03 bits per heavy atom. The number of aromatic amines is 1. The minimum absolute atomic E-state index is 0.0161. The van der Waals surface area contributed by atoms with Crippen molar-refractivity contribution >= 4 is 28.3 Å². The molecular formula is C29H30FN3O2. The molecule has 35 heavy (non-hydrogen) atoms. The maximum absolute atomic E-state index is 13.8. The van der Waals surface area contributed by atoms with Crippen LogP contribution in [0.2, 0.25) is 0 Å². The number of amides is 2. The molecule has 3 aliphatic rings. The summed E-state index contributed by atoms with van der Waals surface area (Å²) in [6, 6.07) is 14.0. The molecular weight excluding hydrogens is 441 g/mol. The van der Waals surface area contributed by atoms with Gasteiger partial charge >= 0.3 is 0 Å². The van der Waals surface area contributed by atoms with Crippen LogP contribution in [0.5, 0.6) is 0 Å². The summed E-state index contributed by atoms with van der Waals surface area (Å²) in [5.41, 5.74) is 3.68. The number of carbonyl (C=O) groups is 2. The Morgan fingerprint density at radius 3 is 2.66 bits per heavy atom. The molecule has 1 aliphatic carbocycles. The quantitative estimate of drug-likeness (QED) is 0.556. The molecule has 180 valence electrons. The third-order valence-corrected chi connectivity index (χ3v) is 8.14. The first-order chi connectivity index (χ1) is 17.1. The molecule has 3 atom stereocenters. The van der Waals surface area contributed by atoms with E-state index in [-0.39, 0.29) is 29.7 Å². The molecule has 1 saturated heterocycles. The lowest BCUT2D eigenvalue weighted by molar-refractivity contribution is -0.135. The molecule has 1 N–H and O–H groups in total. The average molecular weight is 472 g/mol. The van der Waals surface area contributed by atoms with Gasteiger partial charge in [0.05, 0.1) is 0 Å². The molecule has 0 radical (unpaired) electrons. The zero-order chi connectivity index (χ0) is 23.9. The first-order valence-corrected chi connectivity index (χ1v) is 12.7. The lowest BCUT2D eigenvalue weighted by Crippen LogP contribution is -2.51. The molecule has 5 nitrogen and oxygen atoms in total. The molecule has 2 fully saturated rings. The molecule has 3 aromatic rings. The van der Waals surface area contributed by atoms with E-state index in [2.05, 4.69) is 11.1 Å². The number of carbonyl (C=O) groups excluding carboxylic acids is 2.